The molecule has 7 nitrogen and oxygen atoms in total. The molecule has 31 heavy (non-hydrogen) atoms. The van der Waals surface area contributed by atoms with Crippen LogP contribution in [0.3, 0.4) is 0 Å². The topological polar surface area (TPSA) is 100 Å². The molecular formula is C24H27N3O4. The molecule has 3 rings (SSSR count). The molecule has 0 radical (unpaired) electrons. The number of esters is 1. The van der Waals surface area contributed by atoms with Crippen LogP contribution in [0, 0.1) is 6.92 Å². The molecule has 162 valence electrons. The second-order valence-electron chi connectivity index (χ2n) is 7.57. The Kier molecular flexibility index (Phi) is 7.07. The van der Waals surface area contributed by atoms with E-state index in [1.54, 1.807) is 0 Å². The van der Waals surface area contributed by atoms with E-state index in [-0.39, 0.29) is 24.7 Å². The number of carbonyl (C=O) groups is 3. The Morgan fingerprint density at radius 2 is 1.74 bits per heavy atom. The van der Waals surface area contributed by atoms with Crippen LogP contribution in [-0.2, 0) is 25.5 Å². The number of para-hydroxylation sites is 1. The van der Waals surface area contributed by atoms with Crippen LogP contribution < -0.4 is 10.6 Å². The average Bonchev–Trinajstić information content (AvgIpc) is 3.15. The molecule has 7 heteroatoms. The van der Waals surface area contributed by atoms with Gasteiger partial charge in [-0.2, -0.15) is 0 Å². The van der Waals surface area contributed by atoms with E-state index in [0.717, 1.165) is 27.6 Å². The maximum Gasteiger partial charge on any atom is 0.328 e. The third-order valence-electron chi connectivity index (χ3n) is 5.17. The predicted octanol–water partition coefficient (Wildman–Crippen LogP) is 2.94. The number of rotatable bonds is 8. The maximum absolute atomic E-state index is 12.8. The fraction of sp³-hybridized carbons (Fsp3) is 0.292. The first-order valence-electron chi connectivity index (χ1n) is 10.1. The predicted molar refractivity (Wildman–Crippen MR) is 118 cm³/mol. The van der Waals surface area contributed by atoms with Crippen molar-refractivity contribution < 1.29 is 19.1 Å². The summed E-state index contributed by atoms with van der Waals surface area (Å²) in [5.74, 6) is -1.11. The Morgan fingerprint density at radius 1 is 1.03 bits per heavy atom. The number of fused-ring (bicyclic) bond motifs is 1. The molecular weight excluding hydrogens is 394 g/mol. The van der Waals surface area contributed by atoms with Crippen molar-refractivity contribution in [3.63, 3.8) is 0 Å². The van der Waals surface area contributed by atoms with Crippen LogP contribution in [0.1, 0.15) is 36.1 Å². The van der Waals surface area contributed by atoms with Crippen molar-refractivity contribution in [3.05, 3.63) is 71.4 Å². The number of ether oxygens (including phenoxy) is 1. The van der Waals surface area contributed by atoms with Crippen molar-refractivity contribution >= 4 is 28.7 Å². The Labute approximate surface area is 181 Å². The average molecular weight is 421 g/mol. The number of hydrogen-bond acceptors (Lipinski definition) is 4. The third-order valence-corrected chi connectivity index (χ3v) is 5.17. The number of carbonyl (C=O) groups excluding carboxylic acids is 3. The molecule has 0 spiro atoms. The lowest BCUT2D eigenvalue weighted by Crippen LogP contribution is -2.44. The van der Waals surface area contributed by atoms with Gasteiger partial charge in [-0.3, -0.25) is 9.59 Å². The Morgan fingerprint density at radius 3 is 2.42 bits per heavy atom. The van der Waals surface area contributed by atoms with Gasteiger partial charge in [0.05, 0.1) is 19.6 Å². The van der Waals surface area contributed by atoms with Crippen LogP contribution in [0.5, 0.6) is 0 Å². The Balaban J connectivity index is 1.75. The van der Waals surface area contributed by atoms with Crippen LogP contribution in [0.25, 0.3) is 10.9 Å². The highest BCUT2D eigenvalue weighted by atomic mass is 16.5. The number of benzene rings is 2. The molecule has 2 aromatic carbocycles. The zero-order valence-corrected chi connectivity index (χ0v) is 17.9. The van der Waals surface area contributed by atoms with E-state index in [1.165, 1.54) is 14.0 Å². The highest BCUT2D eigenvalue weighted by Gasteiger charge is 2.25. The summed E-state index contributed by atoms with van der Waals surface area (Å²) < 4.78 is 4.91. The number of hydrogen-bond donors (Lipinski definition) is 3. The van der Waals surface area contributed by atoms with Gasteiger partial charge in [-0.15, -0.1) is 0 Å². The number of nitrogens with one attached hydrogen (secondary N) is 3. The lowest BCUT2D eigenvalue weighted by molar-refractivity contribution is -0.145. The summed E-state index contributed by atoms with van der Waals surface area (Å²) in [7, 11) is 1.29. The molecule has 0 saturated heterocycles. The Bertz CT molecular complexity index is 1070. The molecule has 0 aliphatic rings. The number of H-pyrrole nitrogens is 1. The standard InChI is InChI=1S/C24H27N3O4/c1-15-8-10-17(11-9-15)21(26-16(2)28)13-23(29)27-22(24(30)31-3)12-18-14-25-20-7-5-4-6-19(18)20/h4-11,14,21-22,25H,12-13H2,1-3H3,(H,26,28)(H,27,29)/t21?,22-/m1/s1. The van der Waals surface area contributed by atoms with E-state index in [4.69, 9.17) is 4.74 Å². The van der Waals surface area contributed by atoms with Crippen molar-refractivity contribution in [2.24, 2.45) is 0 Å². The lowest BCUT2D eigenvalue weighted by atomic mass is 10.0. The molecule has 0 aliphatic heterocycles. The molecule has 2 amide bonds. The quantitative estimate of drug-likeness (QED) is 0.487. The summed E-state index contributed by atoms with van der Waals surface area (Å²) in [5, 5.41) is 6.58. The first kappa shape index (κ1) is 22.1. The van der Waals surface area contributed by atoms with Gasteiger partial charge in [-0.05, 0) is 24.1 Å². The van der Waals surface area contributed by atoms with Gasteiger partial charge >= 0.3 is 5.97 Å². The minimum atomic E-state index is -0.840. The van der Waals surface area contributed by atoms with Gasteiger partial charge in [-0.1, -0.05) is 48.0 Å². The molecule has 1 heterocycles. The van der Waals surface area contributed by atoms with Gasteiger partial charge in [0.1, 0.15) is 6.04 Å². The van der Waals surface area contributed by atoms with Crippen LogP contribution in [-0.4, -0.2) is 35.9 Å². The number of methoxy groups -OCH3 is 1. The monoisotopic (exact) mass is 421 g/mol. The van der Waals surface area contributed by atoms with Crippen molar-refractivity contribution in [1.29, 1.82) is 0 Å². The van der Waals surface area contributed by atoms with E-state index in [9.17, 15) is 14.4 Å². The first-order valence-corrected chi connectivity index (χ1v) is 10.1. The largest absolute Gasteiger partial charge is 0.467 e. The summed E-state index contributed by atoms with van der Waals surface area (Å²) >= 11 is 0. The summed E-state index contributed by atoms with van der Waals surface area (Å²) in [4.78, 5) is 40.0. The van der Waals surface area contributed by atoms with Crippen molar-refractivity contribution in [2.45, 2.75) is 38.8 Å². The van der Waals surface area contributed by atoms with E-state index in [0.29, 0.717) is 0 Å². The number of aromatic nitrogens is 1. The minimum absolute atomic E-state index is 0.00399. The van der Waals surface area contributed by atoms with Crippen LogP contribution in [0.15, 0.2) is 54.7 Å². The molecule has 1 aromatic heterocycles. The van der Waals surface area contributed by atoms with E-state index in [2.05, 4.69) is 15.6 Å². The summed E-state index contributed by atoms with van der Waals surface area (Å²) in [6.07, 6.45) is 2.13. The van der Waals surface area contributed by atoms with Crippen LogP contribution >= 0.6 is 0 Å². The van der Waals surface area contributed by atoms with Gasteiger partial charge in [0, 0.05) is 30.4 Å². The number of amides is 2. The second kappa shape index (κ2) is 9.93. The minimum Gasteiger partial charge on any atom is -0.467 e. The van der Waals surface area contributed by atoms with Crippen LogP contribution in [0.4, 0.5) is 0 Å². The molecule has 0 aliphatic carbocycles. The zero-order valence-electron chi connectivity index (χ0n) is 17.9. The van der Waals surface area contributed by atoms with Gasteiger partial charge in [0.2, 0.25) is 11.8 Å². The van der Waals surface area contributed by atoms with E-state index < -0.39 is 18.1 Å². The maximum atomic E-state index is 12.8. The highest BCUT2D eigenvalue weighted by Crippen LogP contribution is 2.21. The smallest absolute Gasteiger partial charge is 0.328 e. The van der Waals surface area contributed by atoms with Crippen molar-refractivity contribution in [3.8, 4) is 0 Å². The molecule has 3 aromatic rings. The lowest BCUT2D eigenvalue weighted by Gasteiger charge is -2.21. The zero-order chi connectivity index (χ0) is 22.4. The summed E-state index contributed by atoms with van der Waals surface area (Å²) in [5.41, 5.74) is 3.77. The molecule has 3 N–H and O–H groups in total. The number of aryl methyl sites for hydroxylation is 1. The summed E-state index contributed by atoms with van der Waals surface area (Å²) in [6.45, 7) is 3.38. The normalized spacial score (nSPS) is 12.7. The molecule has 0 fully saturated rings. The van der Waals surface area contributed by atoms with Gasteiger partial charge in [0.15, 0.2) is 0 Å². The SMILES string of the molecule is COC(=O)[C@@H](Cc1c[nH]c2ccccc12)NC(=O)CC(NC(C)=O)c1ccc(C)cc1. The second-order valence-corrected chi connectivity index (χ2v) is 7.57. The van der Waals surface area contributed by atoms with E-state index >= 15 is 0 Å². The van der Waals surface area contributed by atoms with E-state index in [1.807, 2.05) is 61.7 Å². The van der Waals surface area contributed by atoms with Gasteiger partial charge in [-0.25, -0.2) is 4.79 Å². The first-order chi connectivity index (χ1) is 14.9. The molecule has 0 saturated carbocycles. The number of aromatic amines is 1. The van der Waals surface area contributed by atoms with Crippen LogP contribution in [0.2, 0.25) is 0 Å². The van der Waals surface area contributed by atoms with Gasteiger partial charge in [0.25, 0.3) is 0 Å². The third kappa shape index (κ3) is 5.72. The van der Waals surface area contributed by atoms with Crippen molar-refractivity contribution in [1.82, 2.24) is 15.6 Å². The summed E-state index contributed by atoms with van der Waals surface area (Å²) in [6, 6.07) is 14.0. The fourth-order valence-electron chi connectivity index (χ4n) is 3.59. The molecule has 0 bridgehead atoms. The van der Waals surface area contributed by atoms with Crippen molar-refractivity contribution in [2.75, 3.05) is 7.11 Å². The van der Waals surface area contributed by atoms with Gasteiger partial charge < -0.3 is 20.4 Å². The Hall–Kier alpha value is -3.61. The molecule has 1 unspecified atom stereocenters. The fourth-order valence-corrected chi connectivity index (χ4v) is 3.59. The molecule has 2 atom stereocenters. The highest BCUT2D eigenvalue weighted by molar-refractivity contribution is 5.87.